The smallest absolute Gasteiger partial charge is 0.230 e. The minimum absolute atomic E-state index is 0.0845. The molecule has 0 aliphatic carbocycles. The molecule has 0 saturated heterocycles. The number of amides is 1. The van der Waals surface area contributed by atoms with Crippen LogP contribution in [0, 0.1) is 0 Å². The Morgan fingerprint density at radius 1 is 1.24 bits per heavy atom. The van der Waals surface area contributed by atoms with Crippen molar-refractivity contribution < 1.29 is 4.79 Å². The van der Waals surface area contributed by atoms with Crippen molar-refractivity contribution >= 4 is 45.0 Å². The highest BCUT2D eigenvalue weighted by atomic mass is 32.2. The zero-order valence-corrected chi connectivity index (χ0v) is 17.6. The quantitative estimate of drug-likeness (QED) is 0.533. The Labute approximate surface area is 174 Å². The lowest BCUT2D eigenvalue weighted by atomic mass is 10.1. The predicted octanol–water partition coefficient (Wildman–Crippen LogP) is 3.51. The van der Waals surface area contributed by atoms with E-state index in [1.54, 1.807) is 12.1 Å². The molecule has 1 amide bonds. The van der Waals surface area contributed by atoms with Crippen LogP contribution in [0.5, 0.6) is 0 Å². The number of nitrogens with one attached hydrogen (secondary N) is 1. The largest absolute Gasteiger partial charge is 0.374 e. The highest BCUT2D eigenvalue weighted by Gasteiger charge is 2.17. The van der Waals surface area contributed by atoms with E-state index < -0.39 is 0 Å². The highest BCUT2D eigenvalue weighted by molar-refractivity contribution is 8.13. The summed E-state index contributed by atoms with van der Waals surface area (Å²) in [6.45, 7) is 2.99. The number of likely N-dealkylation sites (N-methyl/N-ethyl adjacent to an activating group) is 1. The standard InChI is InChI=1S/C23H23N3O2S/c1-4-19(15-6-8-20-16(13-15)9-10-26(20)2)24-23(29-3)25-21(27)12-14-5-7-17-18(11-14)22(17)28/h4-8,11,13H,9-10,12H2,1-3H3,(H,24,25,27)/b19-4+. The maximum atomic E-state index is 12.5. The van der Waals surface area contributed by atoms with Crippen molar-refractivity contribution in [3.05, 3.63) is 69.4 Å². The molecule has 0 saturated carbocycles. The van der Waals surface area contributed by atoms with Gasteiger partial charge in [-0.15, -0.1) is 0 Å². The van der Waals surface area contributed by atoms with Crippen molar-refractivity contribution in [2.24, 2.45) is 4.99 Å². The first kappa shape index (κ1) is 19.5. The molecule has 148 valence electrons. The van der Waals surface area contributed by atoms with Crippen LogP contribution in [0.2, 0.25) is 0 Å². The number of allylic oxidation sites excluding steroid dienone is 1. The Bertz CT molecular complexity index is 1170. The molecule has 0 atom stereocenters. The summed E-state index contributed by atoms with van der Waals surface area (Å²) in [5.41, 5.74) is 5.40. The molecule has 0 aromatic heterocycles. The monoisotopic (exact) mass is 405 g/mol. The van der Waals surface area contributed by atoms with Crippen LogP contribution < -0.4 is 15.6 Å². The van der Waals surface area contributed by atoms with Crippen LogP contribution in [0.4, 0.5) is 5.69 Å². The van der Waals surface area contributed by atoms with Gasteiger partial charge in [-0.05, 0) is 48.9 Å². The number of carbonyl (C=O) groups is 1. The van der Waals surface area contributed by atoms with Gasteiger partial charge < -0.3 is 10.2 Å². The normalized spacial score (nSPS) is 14.7. The minimum Gasteiger partial charge on any atom is -0.374 e. The van der Waals surface area contributed by atoms with Gasteiger partial charge in [0.2, 0.25) is 5.91 Å². The van der Waals surface area contributed by atoms with E-state index in [1.165, 1.54) is 23.0 Å². The van der Waals surface area contributed by atoms with Crippen LogP contribution >= 0.6 is 11.8 Å². The Balaban J connectivity index is 1.48. The van der Waals surface area contributed by atoms with E-state index in [-0.39, 0.29) is 17.8 Å². The number of carbonyl (C=O) groups excluding carboxylic acids is 1. The van der Waals surface area contributed by atoms with Gasteiger partial charge in [0.15, 0.2) is 10.6 Å². The molecule has 0 radical (unpaired) electrons. The average Bonchev–Trinajstić information content (AvgIpc) is 3.21. The minimum atomic E-state index is -0.141. The zero-order chi connectivity index (χ0) is 20.5. The second kappa shape index (κ2) is 7.87. The molecule has 5 nitrogen and oxygen atoms in total. The number of nitrogens with zero attached hydrogens (tertiary/aromatic N) is 2. The fourth-order valence-electron chi connectivity index (χ4n) is 3.65. The summed E-state index contributed by atoms with van der Waals surface area (Å²) in [7, 11) is 2.11. The second-order valence-electron chi connectivity index (χ2n) is 7.24. The zero-order valence-electron chi connectivity index (χ0n) is 16.8. The summed E-state index contributed by atoms with van der Waals surface area (Å²) in [5, 5.41) is 4.95. The van der Waals surface area contributed by atoms with Gasteiger partial charge in [-0.3, -0.25) is 9.59 Å². The van der Waals surface area contributed by atoms with Crippen LogP contribution in [0.3, 0.4) is 0 Å². The summed E-state index contributed by atoms with van der Waals surface area (Å²) in [6.07, 6.45) is 5.11. The SMILES string of the molecule is C/C=C(/N=C(NC(=O)Cc1ccc2c(=O)c2c1)SC)c1ccc2c(c1)CCN2C. The summed E-state index contributed by atoms with van der Waals surface area (Å²) in [4.78, 5) is 30.9. The maximum absolute atomic E-state index is 12.5. The number of fused-ring (bicyclic) bond motifs is 2. The van der Waals surface area contributed by atoms with Crippen molar-refractivity contribution in [2.45, 2.75) is 19.8 Å². The number of hydrogen-bond donors (Lipinski definition) is 1. The lowest BCUT2D eigenvalue weighted by Crippen LogP contribution is -2.29. The Morgan fingerprint density at radius 2 is 2.07 bits per heavy atom. The van der Waals surface area contributed by atoms with Crippen molar-refractivity contribution in [3.8, 4) is 0 Å². The number of rotatable bonds is 4. The first-order chi connectivity index (χ1) is 14.0. The van der Waals surface area contributed by atoms with Crippen molar-refractivity contribution in [2.75, 3.05) is 24.7 Å². The molecule has 6 heteroatoms. The Hall–Kier alpha value is -2.86. The van der Waals surface area contributed by atoms with E-state index in [2.05, 4.69) is 35.5 Å². The molecule has 4 rings (SSSR count). The lowest BCUT2D eigenvalue weighted by molar-refractivity contribution is -0.119. The van der Waals surface area contributed by atoms with Crippen LogP contribution in [0.25, 0.3) is 16.5 Å². The lowest BCUT2D eigenvalue weighted by Gasteiger charge is -2.13. The molecule has 3 aromatic rings. The third-order valence-electron chi connectivity index (χ3n) is 5.31. The van der Waals surface area contributed by atoms with Crippen LogP contribution in [-0.2, 0) is 17.6 Å². The number of amidine groups is 1. The van der Waals surface area contributed by atoms with Crippen LogP contribution in [-0.4, -0.2) is 30.9 Å². The number of anilines is 1. The van der Waals surface area contributed by atoms with E-state index in [1.807, 2.05) is 25.3 Å². The third kappa shape index (κ3) is 3.98. The number of aliphatic imine (C=N–C) groups is 1. The van der Waals surface area contributed by atoms with Gasteiger partial charge in [0.1, 0.15) is 0 Å². The molecule has 0 bridgehead atoms. The topological polar surface area (TPSA) is 61.8 Å². The molecular formula is C23H23N3O2S. The number of benzene rings is 2. The molecule has 1 aliphatic rings. The molecular weight excluding hydrogens is 382 g/mol. The molecule has 3 aromatic carbocycles. The molecule has 1 aliphatic heterocycles. The van der Waals surface area contributed by atoms with E-state index in [0.29, 0.717) is 5.17 Å². The first-order valence-corrected chi connectivity index (χ1v) is 10.8. The van der Waals surface area contributed by atoms with Gasteiger partial charge >= 0.3 is 0 Å². The van der Waals surface area contributed by atoms with E-state index in [0.717, 1.165) is 40.6 Å². The maximum Gasteiger partial charge on any atom is 0.230 e. The summed E-state index contributed by atoms with van der Waals surface area (Å²) >= 11 is 1.40. The molecule has 1 heterocycles. The molecule has 1 N–H and O–H groups in total. The van der Waals surface area contributed by atoms with Crippen molar-refractivity contribution in [1.29, 1.82) is 0 Å². The molecule has 0 spiro atoms. The van der Waals surface area contributed by atoms with Gasteiger partial charge in [0.05, 0.1) is 12.1 Å². The summed E-state index contributed by atoms with van der Waals surface area (Å²) in [5.74, 6) is -0.141. The molecule has 0 unspecified atom stereocenters. The van der Waals surface area contributed by atoms with Crippen LogP contribution in [0.15, 0.2) is 52.3 Å². The van der Waals surface area contributed by atoms with Gasteiger partial charge in [0, 0.05) is 35.6 Å². The Kier molecular flexibility index (Phi) is 5.28. The second-order valence-corrected chi connectivity index (χ2v) is 8.04. The van der Waals surface area contributed by atoms with E-state index in [9.17, 15) is 9.59 Å². The van der Waals surface area contributed by atoms with Crippen LogP contribution in [0.1, 0.15) is 23.6 Å². The van der Waals surface area contributed by atoms with Gasteiger partial charge in [0.25, 0.3) is 0 Å². The third-order valence-corrected chi connectivity index (χ3v) is 5.89. The van der Waals surface area contributed by atoms with Gasteiger partial charge in [-0.2, -0.15) is 0 Å². The van der Waals surface area contributed by atoms with Gasteiger partial charge in [-0.1, -0.05) is 36.0 Å². The van der Waals surface area contributed by atoms with Crippen molar-refractivity contribution in [3.63, 3.8) is 0 Å². The van der Waals surface area contributed by atoms with Crippen molar-refractivity contribution in [1.82, 2.24) is 5.32 Å². The van der Waals surface area contributed by atoms with E-state index in [4.69, 9.17) is 4.99 Å². The van der Waals surface area contributed by atoms with E-state index >= 15 is 0 Å². The average molecular weight is 406 g/mol. The Morgan fingerprint density at radius 3 is 2.79 bits per heavy atom. The fourth-order valence-corrected chi connectivity index (χ4v) is 4.05. The number of thioether (sulfide) groups is 1. The summed E-state index contributed by atoms with van der Waals surface area (Å²) < 4.78 is 0. The number of hydrogen-bond acceptors (Lipinski definition) is 5. The highest BCUT2D eigenvalue weighted by Crippen LogP contribution is 2.30. The first-order valence-electron chi connectivity index (χ1n) is 9.61. The molecule has 0 fully saturated rings. The molecule has 29 heavy (non-hydrogen) atoms. The van der Waals surface area contributed by atoms with Gasteiger partial charge in [-0.25, -0.2) is 4.99 Å². The summed E-state index contributed by atoms with van der Waals surface area (Å²) in [6, 6.07) is 11.8. The predicted molar refractivity (Wildman–Crippen MR) is 122 cm³/mol. The fraction of sp³-hybridized carbons (Fsp3) is 0.261.